The van der Waals surface area contributed by atoms with E-state index in [0.29, 0.717) is 6.54 Å². The molecule has 92 valence electrons. The second kappa shape index (κ2) is 8.61. The topological polar surface area (TPSA) is 44.4 Å². The SMILES string of the molecule is C=CCSCCNC(=O)CN1CCNCC1. The third-order valence-corrected chi connectivity index (χ3v) is 3.35. The Kier molecular flexibility index (Phi) is 7.29. The maximum atomic E-state index is 11.5. The van der Waals surface area contributed by atoms with E-state index >= 15 is 0 Å². The van der Waals surface area contributed by atoms with Crippen molar-refractivity contribution in [2.45, 2.75) is 0 Å². The van der Waals surface area contributed by atoms with Crippen LogP contribution in [0, 0.1) is 0 Å². The van der Waals surface area contributed by atoms with Crippen molar-refractivity contribution in [2.24, 2.45) is 0 Å². The molecular formula is C11H21N3OS. The highest BCUT2D eigenvalue weighted by Gasteiger charge is 2.12. The number of thioether (sulfide) groups is 1. The Morgan fingerprint density at radius 1 is 1.50 bits per heavy atom. The van der Waals surface area contributed by atoms with Crippen molar-refractivity contribution in [3.05, 3.63) is 12.7 Å². The van der Waals surface area contributed by atoms with Crippen LogP contribution in [-0.2, 0) is 4.79 Å². The van der Waals surface area contributed by atoms with Crippen LogP contribution in [0.4, 0.5) is 0 Å². The molecular weight excluding hydrogens is 222 g/mol. The zero-order valence-electron chi connectivity index (χ0n) is 9.71. The Morgan fingerprint density at radius 2 is 2.25 bits per heavy atom. The van der Waals surface area contributed by atoms with Gasteiger partial charge >= 0.3 is 0 Å². The normalized spacial score (nSPS) is 17.0. The number of hydrogen-bond donors (Lipinski definition) is 2. The van der Waals surface area contributed by atoms with Gasteiger partial charge in [-0.1, -0.05) is 6.08 Å². The first-order chi connectivity index (χ1) is 7.83. The lowest BCUT2D eigenvalue weighted by Gasteiger charge is -2.26. The minimum absolute atomic E-state index is 0.140. The van der Waals surface area contributed by atoms with Gasteiger partial charge in [0, 0.05) is 44.2 Å². The van der Waals surface area contributed by atoms with Crippen LogP contribution in [0.2, 0.25) is 0 Å². The van der Waals surface area contributed by atoms with Gasteiger partial charge in [-0.2, -0.15) is 11.8 Å². The number of carbonyl (C=O) groups is 1. The standard InChI is InChI=1S/C11H21N3OS/c1-2-8-16-9-5-13-11(15)10-14-6-3-12-4-7-14/h2,12H,1,3-10H2,(H,13,15). The number of carbonyl (C=O) groups excluding carboxylic acids is 1. The smallest absolute Gasteiger partial charge is 0.234 e. The van der Waals surface area contributed by atoms with E-state index in [2.05, 4.69) is 22.1 Å². The van der Waals surface area contributed by atoms with Gasteiger partial charge in [-0.05, 0) is 0 Å². The van der Waals surface area contributed by atoms with Crippen LogP contribution in [0.5, 0.6) is 0 Å². The fourth-order valence-electron chi connectivity index (χ4n) is 1.56. The van der Waals surface area contributed by atoms with E-state index in [9.17, 15) is 4.79 Å². The number of nitrogens with zero attached hydrogens (tertiary/aromatic N) is 1. The lowest BCUT2D eigenvalue weighted by Crippen LogP contribution is -2.47. The number of nitrogens with one attached hydrogen (secondary N) is 2. The van der Waals surface area contributed by atoms with Crippen LogP contribution < -0.4 is 10.6 Å². The zero-order valence-corrected chi connectivity index (χ0v) is 10.5. The lowest BCUT2D eigenvalue weighted by molar-refractivity contribution is -0.122. The molecule has 0 aromatic rings. The van der Waals surface area contributed by atoms with E-state index in [-0.39, 0.29) is 5.91 Å². The molecule has 0 aromatic carbocycles. The number of amides is 1. The van der Waals surface area contributed by atoms with Crippen LogP contribution in [-0.4, -0.2) is 61.6 Å². The minimum atomic E-state index is 0.140. The molecule has 16 heavy (non-hydrogen) atoms. The summed E-state index contributed by atoms with van der Waals surface area (Å²) in [4.78, 5) is 13.7. The molecule has 1 rings (SSSR count). The second-order valence-electron chi connectivity index (χ2n) is 3.74. The van der Waals surface area contributed by atoms with Gasteiger partial charge in [0.15, 0.2) is 0 Å². The molecule has 0 radical (unpaired) electrons. The van der Waals surface area contributed by atoms with Crippen molar-refractivity contribution in [2.75, 3.05) is 50.8 Å². The Labute approximate surface area is 102 Å². The summed E-state index contributed by atoms with van der Waals surface area (Å²) in [6.07, 6.45) is 1.88. The summed E-state index contributed by atoms with van der Waals surface area (Å²) < 4.78 is 0. The Hall–Kier alpha value is -0.520. The molecule has 0 unspecified atom stereocenters. The van der Waals surface area contributed by atoms with Gasteiger partial charge in [0.05, 0.1) is 6.54 Å². The summed E-state index contributed by atoms with van der Waals surface area (Å²) in [6, 6.07) is 0. The molecule has 0 aromatic heterocycles. The van der Waals surface area contributed by atoms with Crippen LogP contribution in [0.15, 0.2) is 12.7 Å². The molecule has 5 heteroatoms. The molecule has 2 N–H and O–H groups in total. The molecule has 1 heterocycles. The number of rotatable bonds is 7. The van der Waals surface area contributed by atoms with Gasteiger partial charge in [-0.25, -0.2) is 0 Å². The predicted octanol–water partition coefficient (Wildman–Crippen LogP) is -0.0730. The van der Waals surface area contributed by atoms with Crippen LogP contribution in [0.25, 0.3) is 0 Å². The Morgan fingerprint density at radius 3 is 2.94 bits per heavy atom. The summed E-state index contributed by atoms with van der Waals surface area (Å²) in [5, 5.41) is 6.20. The largest absolute Gasteiger partial charge is 0.354 e. The van der Waals surface area contributed by atoms with E-state index in [1.165, 1.54) is 0 Å². The molecule has 1 aliphatic heterocycles. The van der Waals surface area contributed by atoms with Crippen LogP contribution >= 0.6 is 11.8 Å². The van der Waals surface area contributed by atoms with E-state index in [1.54, 1.807) is 11.8 Å². The van der Waals surface area contributed by atoms with Crippen molar-refractivity contribution in [3.63, 3.8) is 0 Å². The van der Waals surface area contributed by atoms with Crippen LogP contribution in [0.1, 0.15) is 0 Å². The zero-order chi connectivity index (χ0) is 11.6. The van der Waals surface area contributed by atoms with Gasteiger partial charge < -0.3 is 10.6 Å². The summed E-state index contributed by atoms with van der Waals surface area (Å²) in [6.45, 7) is 8.86. The Bertz CT molecular complexity index is 217. The molecule has 0 aliphatic carbocycles. The Balaban J connectivity index is 1.99. The van der Waals surface area contributed by atoms with Crippen molar-refractivity contribution in [1.29, 1.82) is 0 Å². The maximum Gasteiger partial charge on any atom is 0.234 e. The van der Waals surface area contributed by atoms with Crippen molar-refractivity contribution in [3.8, 4) is 0 Å². The van der Waals surface area contributed by atoms with E-state index in [1.807, 2.05) is 6.08 Å². The summed E-state index contributed by atoms with van der Waals surface area (Å²) in [5.74, 6) is 2.05. The van der Waals surface area contributed by atoms with Crippen molar-refractivity contribution < 1.29 is 4.79 Å². The highest BCUT2D eigenvalue weighted by Crippen LogP contribution is 1.97. The predicted molar refractivity (Wildman–Crippen MR) is 69.8 cm³/mol. The molecule has 0 spiro atoms. The summed E-state index contributed by atoms with van der Waals surface area (Å²) in [7, 11) is 0. The van der Waals surface area contributed by atoms with Crippen molar-refractivity contribution >= 4 is 17.7 Å². The van der Waals surface area contributed by atoms with E-state index in [0.717, 1.165) is 44.2 Å². The van der Waals surface area contributed by atoms with Gasteiger partial charge in [0.25, 0.3) is 0 Å². The number of hydrogen-bond acceptors (Lipinski definition) is 4. The fraction of sp³-hybridized carbons (Fsp3) is 0.727. The van der Waals surface area contributed by atoms with Crippen LogP contribution in [0.3, 0.4) is 0 Å². The quantitative estimate of drug-likeness (QED) is 0.485. The first kappa shape index (κ1) is 13.5. The third-order valence-electron chi connectivity index (χ3n) is 2.38. The monoisotopic (exact) mass is 243 g/mol. The summed E-state index contributed by atoms with van der Waals surface area (Å²) in [5.41, 5.74) is 0. The first-order valence-corrected chi connectivity index (χ1v) is 6.87. The highest BCUT2D eigenvalue weighted by atomic mass is 32.2. The van der Waals surface area contributed by atoms with Gasteiger partial charge in [0.1, 0.15) is 0 Å². The van der Waals surface area contributed by atoms with Gasteiger partial charge in [-0.15, -0.1) is 6.58 Å². The molecule has 1 saturated heterocycles. The summed E-state index contributed by atoms with van der Waals surface area (Å²) >= 11 is 1.78. The molecule has 0 saturated carbocycles. The highest BCUT2D eigenvalue weighted by molar-refractivity contribution is 7.99. The minimum Gasteiger partial charge on any atom is -0.354 e. The third kappa shape index (κ3) is 6.15. The molecule has 0 bridgehead atoms. The molecule has 1 aliphatic rings. The molecule has 0 atom stereocenters. The van der Waals surface area contributed by atoms with Crippen molar-refractivity contribution in [1.82, 2.24) is 15.5 Å². The maximum absolute atomic E-state index is 11.5. The fourth-order valence-corrected chi connectivity index (χ4v) is 2.14. The van der Waals surface area contributed by atoms with E-state index < -0.39 is 0 Å². The average molecular weight is 243 g/mol. The molecule has 4 nitrogen and oxygen atoms in total. The number of piperazine rings is 1. The lowest BCUT2D eigenvalue weighted by atomic mass is 10.3. The average Bonchev–Trinajstić information content (AvgIpc) is 2.30. The van der Waals surface area contributed by atoms with E-state index in [4.69, 9.17) is 0 Å². The van der Waals surface area contributed by atoms with Gasteiger partial charge in [-0.3, -0.25) is 9.69 Å². The molecule has 1 amide bonds. The first-order valence-electron chi connectivity index (χ1n) is 5.71. The second-order valence-corrected chi connectivity index (χ2v) is 4.89. The molecule has 1 fully saturated rings. The van der Waals surface area contributed by atoms with Gasteiger partial charge in [0.2, 0.25) is 5.91 Å².